The average molecular weight is 359 g/mol. The third kappa shape index (κ3) is 6.39. The quantitative estimate of drug-likeness (QED) is 0.568. The van der Waals surface area contributed by atoms with Crippen LogP contribution in [-0.2, 0) is 11.3 Å². The largest absolute Gasteiger partial charge is 0.496 e. The van der Waals surface area contributed by atoms with Crippen LogP contribution >= 0.6 is 11.8 Å². The summed E-state index contributed by atoms with van der Waals surface area (Å²) in [6.07, 6.45) is 6.25. The molecule has 0 bridgehead atoms. The number of amides is 1. The van der Waals surface area contributed by atoms with E-state index in [0.717, 1.165) is 30.7 Å². The fraction of sp³-hybridized carbons (Fsp3) is 0.450. The van der Waals surface area contributed by atoms with Crippen molar-refractivity contribution in [2.24, 2.45) is 0 Å². The molecule has 0 saturated carbocycles. The van der Waals surface area contributed by atoms with Gasteiger partial charge in [-0.05, 0) is 23.8 Å². The molecule has 1 aromatic rings. The SMILES string of the molecule is CCCCCC#CC(=O)NCC1SC=CN1Cc1ccccc1OC. The second-order valence-electron chi connectivity index (χ2n) is 5.83. The molecule has 0 aromatic heterocycles. The second kappa shape index (κ2) is 10.7. The molecule has 1 N–H and O–H groups in total. The molecule has 1 amide bonds. The van der Waals surface area contributed by atoms with Gasteiger partial charge in [0.1, 0.15) is 5.75 Å². The molecule has 0 radical (unpaired) electrons. The number of para-hydroxylation sites is 1. The standard InChI is InChI=1S/C20H26N2O2S/c1-3-4-5-6-7-12-19(23)21-15-20-22(13-14-25-20)16-17-10-8-9-11-18(17)24-2/h8-11,13-14,20H,3-6,15-16H2,1-2H3,(H,21,23). The molecule has 5 heteroatoms. The number of thioether (sulfide) groups is 1. The Hall–Kier alpha value is -2.06. The van der Waals surface area contributed by atoms with Crippen molar-refractivity contribution in [1.29, 1.82) is 0 Å². The molecule has 0 saturated heterocycles. The number of rotatable bonds is 8. The van der Waals surface area contributed by atoms with Crippen LogP contribution < -0.4 is 10.1 Å². The first-order chi connectivity index (χ1) is 12.2. The summed E-state index contributed by atoms with van der Waals surface area (Å²) in [7, 11) is 1.68. The molecular weight excluding hydrogens is 332 g/mol. The molecule has 1 atom stereocenters. The Morgan fingerprint density at radius 2 is 2.20 bits per heavy atom. The van der Waals surface area contributed by atoms with E-state index in [-0.39, 0.29) is 11.3 Å². The van der Waals surface area contributed by atoms with E-state index in [1.807, 2.05) is 18.2 Å². The third-order valence-corrected chi connectivity index (χ3v) is 4.98. The van der Waals surface area contributed by atoms with Crippen molar-refractivity contribution in [3.05, 3.63) is 41.4 Å². The van der Waals surface area contributed by atoms with E-state index < -0.39 is 0 Å². The van der Waals surface area contributed by atoms with Crippen LogP contribution in [0.2, 0.25) is 0 Å². The summed E-state index contributed by atoms with van der Waals surface area (Å²) in [6.45, 7) is 3.47. The molecule has 0 aliphatic carbocycles. The summed E-state index contributed by atoms with van der Waals surface area (Å²) < 4.78 is 5.42. The van der Waals surface area contributed by atoms with Gasteiger partial charge in [0, 0.05) is 31.3 Å². The van der Waals surface area contributed by atoms with Crippen LogP contribution in [0.15, 0.2) is 35.9 Å². The molecular formula is C20H26N2O2S. The van der Waals surface area contributed by atoms with E-state index in [4.69, 9.17) is 4.74 Å². The highest BCUT2D eigenvalue weighted by atomic mass is 32.2. The van der Waals surface area contributed by atoms with Gasteiger partial charge in [-0.2, -0.15) is 0 Å². The van der Waals surface area contributed by atoms with Gasteiger partial charge < -0.3 is 15.0 Å². The second-order valence-corrected chi connectivity index (χ2v) is 6.92. The Morgan fingerprint density at radius 1 is 1.36 bits per heavy atom. The maximum atomic E-state index is 11.8. The molecule has 4 nitrogen and oxygen atoms in total. The minimum absolute atomic E-state index is 0.177. The summed E-state index contributed by atoms with van der Waals surface area (Å²) >= 11 is 1.70. The maximum Gasteiger partial charge on any atom is 0.295 e. The zero-order valence-corrected chi connectivity index (χ0v) is 15.8. The molecule has 0 spiro atoms. The van der Waals surface area contributed by atoms with Gasteiger partial charge in [0.15, 0.2) is 0 Å². The number of benzene rings is 1. The Morgan fingerprint density at radius 3 is 3.00 bits per heavy atom. The first-order valence-electron chi connectivity index (χ1n) is 8.71. The van der Waals surface area contributed by atoms with Crippen molar-refractivity contribution < 1.29 is 9.53 Å². The fourth-order valence-corrected chi connectivity index (χ4v) is 3.45. The van der Waals surface area contributed by atoms with Gasteiger partial charge >= 0.3 is 0 Å². The molecule has 1 aromatic carbocycles. The summed E-state index contributed by atoms with van der Waals surface area (Å²) in [4.78, 5) is 14.1. The molecule has 0 fully saturated rings. The summed E-state index contributed by atoms with van der Waals surface area (Å²) in [5, 5.41) is 5.15. The number of hydrogen-bond donors (Lipinski definition) is 1. The number of nitrogens with one attached hydrogen (secondary N) is 1. The first-order valence-corrected chi connectivity index (χ1v) is 9.65. The number of nitrogens with zero attached hydrogens (tertiary/aromatic N) is 1. The van der Waals surface area contributed by atoms with Gasteiger partial charge in [-0.25, -0.2) is 0 Å². The van der Waals surface area contributed by atoms with Crippen molar-refractivity contribution in [1.82, 2.24) is 10.2 Å². The molecule has 2 rings (SSSR count). The summed E-state index contributed by atoms with van der Waals surface area (Å²) in [5.41, 5.74) is 1.13. The van der Waals surface area contributed by atoms with Gasteiger partial charge in [-0.15, -0.1) is 11.8 Å². The number of methoxy groups -OCH3 is 1. The Bertz CT molecular complexity index is 649. The van der Waals surface area contributed by atoms with E-state index in [9.17, 15) is 4.79 Å². The monoisotopic (exact) mass is 358 g/mol. The number of hydrogen-bond acceptors (Lipinski definition) is 4. The highest BCUT2D eigenvalue weighted by Crippen LogP contribution is 2.28. The molecule has 25 heavy (non-hydrogen) atoms. The van der Waals surface area contributed by atoms with E-state index in [1.165, 1.54) is 12.8 Å². The van der Waals surface area contributed by atoms with Gasteiger partial charge in [-0.1, -0.05) is 43.9 Å². The number of ether oxygens (including phenoxy) is 1. The number of carbonyl (C=O) groups excluding carboxylic acids is 1. The van der Waals surface area contributed by atoms with Crippen LogP contribution in [0.4, 0.5) is 0 Å². The lowest BCUT2D eigenvalue weighted by atomic mass is 10.2. The molecule has 1 unspecified atom stereocenters. The van der Waals surface area contributed by atoms with Crippen molar-refractivity contribution in [2.45, 2.75) is 44.5 Å². The Labute approximate surface area is 155 Å². The van der Waals surface area contributed by atoms with E-state index in [1.54, 1.807) is 18.9 Å². The predicted octanol–water partition coefficient (Wildman–Crippen LogP) is 3.74. The smallest absolute Gasteiger partial charge is 0.295 e. The average Bonchev–Trinajstić information content (AvgIpc) is 3.07. The molecule has 1 aliphatic heterocycles. The fourth-order valence-electron chi connectivity index (χ4n) is 2.56. The van der Waals surface area contributed by atoms with Crippen LogP contribution in [0, 0.1) is 11.8 Å². The van der Waals surface area contributed by atoms with Crippen LogP contribution in [-0.4, -0.2) is 29.8 Å². The first kappa shape index (κ1) is 19.3. The van der Waals surface area contributed by atoms with Crippen LogP contribution in [0.25, 0.3) is 0 Å². The van der Waals surface area contributed by atoms with Crippen molar-refractivity contribution in [3.63, 3.8) is 0 Å². The minimum Gasteiger partial charge on any atom is -0.496 e. The maximum absolute atomic E-state index is 11.8. The van der Waals surface area contributed by atoms with Crippen LogP contribution in [0.3, 0.4) is 0 Å². The van der Waals surface area contributed by atoms with Crippen molar-refractivity contribution >= 4 is 17.7 Å². The number of unbranched alkanes of at least 4 members (excludes halogenated alkanes) is 3. The summed E-state index contributed by atoms with van der Waals surface area (Å²) in [5.74, 6) is 6.32. The van der Waals surface area contributed by atoms with E-state index in [0.29, 0.717) is 6.54 Å². The van der Waals surface area contributed by atoms with Gasteiger partial charge in [0.2, 0.25) is 0 Å². The zero-order valence-electron chi connectivity index (χ0n) is 15.0. The molecule has 1 heterocycles. The summed E-state index contributed by atoms with van der Waals surface area (Å²) in [6, 6.07) is 8.00. The normalized spacial score (nSPS) is 15.6. The molecule has 1 aliphatic rings. The van der Waals surface area contributed by atoms with Crippen LogP contribution in [0.1, 0.15) is 38.2 Å². The van der Waals surface area contributed by atoms with Gasteiger partial charge in [0.25, 0.3) is 5.91 Å². The van der Waals surface area contributed by atoms with Gasteiger partial charge in [0.05, 0.1) is 12.5 Å². The zero-order chi connectivity index (χ0) is 17.9. The lowest BCUT2D eigenvalue weighted by Gasteiger charge is -2.25. The van der Waals surface area contributed by atoms with Crippen molar-refractivity contribution in [3.8, 4) is 17.6 Å². The van der Waals surface area contributed by atoms with Crippen molar-refractivity contribution in [2.75, 3.05) is 13.7 Å². The van der Waals surface area contributed by atoms with E-state index in [2.05, 4.69) is 46.7 Å². The lowest BCUT2D eigenvalue weighted by molar-refractivity contribution is -0.115. The number of carbonyl (C=O) groups is 1. The topological polar surface area (TPSA) is 41.6 Å². The van der Waals surface area contributed by atoms with E-state index >= 15 is 0 Å². The highest BCUT2D eigenvalue weighted by molar-refractivity contribution is 8.02. The molecule has 134 valence electrons. The Kier molecular flexibility index (Phi) is 8.27. The minimum atomic E-state index is -0.193. The third-order valence-electron chi connectivity index (χ3n) is 3.95. The highest BCUT2D eigenvalue weighted by Gasteiger charge is 2.21. The Balaban J connectivity index is 1.81. The predicted molar refractivity (Wildman–Crippen MR) is 104 cm³/mol. The van der Waals surface area contributed by atoms with Crippen LogP contribution in [0.5, 0.6) is 5.75 Å². The van der Waals surface area contributed by atoms with Gasteiger partial charge in [-0.3, -0.25) is 4.79 Å². The lowest BCUT2D eigenvalue weighted by Crippen LogP contribution is -2.36.